The number of aromatic hydroxyl groups is 2. The maximum atomic E-state index is 11.8. The molecular formula is C21H19O11-. The molecule has 11 heteroatoms. The molecule has 1 saturated heterocycles. The first-order valence-corrected chi connectivity index (χ1v) is 9.48. The quantitative estimate of drug-likeness (QED) is 0.289. The highest BCUT2D eigenvalue weighted by Gasteiger charge is 2.45. The lowest BCUT2D eigenvalue weighted by atomic mass is 9.99. The molecule has 1 aromatic rings. The normalized spacial score (nSPS) is 25.7. The summed E-state index contributed by atoms with van der Waals surface area (Å²) in [5, 5.41) is 71.1. The van der Waals surface area contributed by atoms with Crippen LogP contribution in [0.2, 0.25) is 0 Å². The number of aliphatic hydroxyl groups is 4. The summed E-state index contributed by atoms with van der Waals surface area (Å²) in [7, 11) is 0. The van der Waals surface area contributed by atoms with E-state index in [1.54, 1.807) is 0 Å². The summed E-state index contributed by atoms with van der Waals surface area (Å²) in [6.07, 6.45) is -7.85. The zero-order chi connectivity index (χ0) is 23.2. The molecule has 0 bridgehead atoms. The van der Waals surface area contributed by atoms with Gasteiger partial charge in [-0.25, -0.2) is 0 Å². The van der Waals surface area contributed by atoms with Crippen molar-refractivity contribution in [3.8, 4) is 45.6 Å². The van der Waals surface area contributed by atoms with Gasteiger partial charge < -0.3 is 49.6 Å². The molecule has 1 fully saturated rings. The minimum atomic E-state index is -1.73. The Kier molecular flexibility index (Phi) is 5.67. The van der Waals surface area contributed by atoms with Gasteiger partial charge in [-0.15, -0.1) is 0 Å². The van der Waals surface area contributed by atoms with Crippen LogP contribution in [0.1, 0.15) is 0 Å². The van der Waals surface area contributed by atoms with Gasteiger partial charge in [0.1, 0.15) is 41.7 Å². The molecule has 4 rings (SSSR count). The lowest BCUT2D eigenvalue weighted by Crippen LogP contribution is -2.60. The summed E-state index contributed by atoms with van der Waals surface area (Å²) in [6.45, 7) is -0.675. The van der Waals surface area contributed by atoms with Crippen LogP contribution in [0.3, 0.4) is 0 Å². The summed E-state index contributed by atoms with van der Waals surface area (Å²) in [5.74, 6) is -1.94. The molecule has 2 aliphatic heterocycles. The molecular weight excluding hydrogens is 428 g/mol. The molecule has 11 nitrogen and oxygen atoms in total. The summed E-state index contributed by atoms with van der Waals surface area (Å²) >= 11 is 0. The molecule has 32 heavy (non-hydrogen) atoms. The summed E-state index contributed by atoms with van der Waals surface area (Å²) in [5.41, 5.74) is -0.318. The molecule has 0 amide bonds. The van der Waals surface area contributed by atoms with E-state index in [2.05, 4.69) is 0 Å². The minimum absolute atomic E-state index is 0.0307. The largest absolute Gasteiger partial charge is 0.870 e. The average molecular weight is 447 g/mol. The molecule has 0 radical (unpaired) electrons. The van der Waals surface area contributed by atoms with E-state index in [0.29, 0.717) is 0 Å². The highest BCUT2D eigenvalue weighted by atomic mass is 16.7. The summed E-state index contributed by atoms with van der Waals surface area (Å²) < 4.78 is 16.7. The highest BCUT2D eigenvalue weighted by molar-refractivity contribution is 5.75. The molecule has 1 aromatic carbocycles. The fourth-order valence-electron chi connectivity index (χ4n) is 3.41. The fourth-order valence-corrected chi connectivity index (χ4v) is 3.41. The smallest absolute Gasteiger partial charge is 0.229 e. The maximum Gasteiger partial charge on any atom is 0.229 e. The van der Waals surface area contributed by atoms with Gasteiger partial charge in [-0.3, -0.25) is 4.79 Å². The van der Waals surface area contributed by atoms with E-state index >= 15 is 0 Å². The minimum Gasteiger partial charge on any atom is -0.870 e. The van der Waals surface area contributed by atoms with Crippen molar-refractivity contribution < 1.29 is 49.6 Å². The second kappa shape index (κ2) is 8.30. The third kappa shape index (κ3) is 3.83. The lowest BCUT2D eigenvalue weighted by molar-refractivity contribution is -0.277. The van der Waals surface area contributed by atoms with Crippen molar-refractivity contribution in [2.24, 2.45) is 0 Å². The van der Waals surface area contributed by atoms with E-state index in [1.807, 2.05) is 0 Å². The number of ether oxygens (including phenoxy) is 2. The van der Waals surface area contributed by atoms with E-state index in [-0.39, 0.29) is 28.4 Å². The van der Waals surface area contributed by atoms with E-state index in [4.69, 9.17) is 13.9 Å². The standard InChI is InChI=1S/C21H20O11/c22-7-16-17(27)18(28)19(29)21(32-16)31-15-6-10-12(25)4-9(23)5-14(10)30-20(15)8-1-2-11(24)13(26)3-8/h1-6,16-19,21-22,24-29H,7H2/p-1/t16-,17+,18+,19-,21-/m1/s1. The first-order chi connectivity index (χ1) is 15.2. The van der Waals surface area contributed by atoms with Gasteiger partial charge in [0.05, 0.1) is 12.2 Å². The topological polar surface area (TPSA) is 193 Å². The SMILES string of the molecule is O=c1cc2oc(-c3ccc([O-])c(O)c3)c(O[C@@H]3O[C@H](CO)[C@H](O)[C@H](O)[C@H]3O)cc-2c(O)c1. The molecule has 2 heterocycles. The van der Waals surface area contributed by atoms with Gasteiger partial charge in [-0.2, -0.15) is 0 Å². The molecule has 1 aliphatic carbocycles. The Labute approximate surface area is 179 Å². The number of fused-ring (bicyclic) bond motifs is 1. The van der Waals surface area contributed by atoms with Crippen molar-refractivity contribution in [3.05, 3.63) is 46.6 Å². The van der Waals surface area contributed by atoms with Crippen LogP contribution in [0.4, 0.5) is 0 Å². The molecule has 0 spiro atoms. The molecule has 5 atom stereocenters. The van der Waals surface area contributed by atoms with Crippen molar-refractivity contribution >= 4 is 0 Å². The van der Waals surface area contributed by atoms with Gasteiger partial charge in [-0.05, 0) is 12.1 Å². The van der Waals surface area contributed by atoms with Crippen LogP contribution in [0.15, 0.2) is 45.6 Å². The third-order valence-electron chi connectivity index (χ3n) is 5.12. The van der Waals surface area contributed by atoms with E-state index in [0.717, 1.165) is 24.3 Å². The predicted octanol–water partition coefficient (Wildman–Crippen LogP) is -0.925. The number of phenolic OH excluding ortho intramolecular Hbond substituents is 2. The zero-order valence-corrected chi connectivity index (χ0v) is 16.3. The van der Waals surface area contributed by atoms with Crippen molar-refractivity contribution in [1.29, 1.82) is 0 Å². The van der Waals surface area contributed by atoms with Crippen molar-refractivity contribution in [1.82, 2.24) is 0 Å². The van der Waals surface area contributed by atoms with Crippen LogP contribution in [0, 0.1) is 0 Å². The number of phenols is 2. The summed E-state index contributed by atoms with van der Waals surface area (Å²) in [4.78, 5) is 11.8. The van der Waals surface area contributed by atoms with E-state index in [1.165, 1.54) is 12.1 Å². The van der Waals surface area contributed by atoms with Gasteiger partial charge in [0.2, 0.25) is 6.29 Å². The molecule has 0 unspecified atom stereocenters. The maximum absolute atomic E-state index is 11.8. The average Bonchev–Trinajstić information content (AvgIpc) is 2.76. The van der Waals surface area contributed by atoms with Crippen molar-refractivity contribution in [2.75, 3.05) is 6.61 Å². The fraction of sp³-hybridized carbons (Fsp3) is 0.286. The van der Waals surface area contributed by atoms with Crippen LogP contribution < -0.4 is 15.3 Å². The van der Waals surface area contributed by atoms with Crippen LogP contribution in [0.5, 0.6) is 23.0 Å². The Morgan fingerprint density at radius 2 is 1.72 bits per heavy atom. The van der Waals surface area contributed by atoms with Crippen LogP contribution >= 0.6 is 0 Å². The first kappa shape index (κ1) is 21.9. The number of rotatable bonds is 4. The Morgan fingerprint density at radius 1 is 0.969 bits per heavy atom. The second-order valence-electron chi connectivity index (χ2n) is 7.29. The number of benzene rings is 2. The predicted molar refractivity (Wildman–Crippen MR) is 104 cm³/mol. The van der Waals surface area contributed by atoms with E-state index < -0.39 is 60.0 Å². The monoisotopic (exact) mass is 447 g/mol. The molecule has 6 N–H and O–H groups in total. The van der Waals surface area contributed by atoms with Gasteiger partial charge in [0.25, 0.3) is 0 Å². The Hall–Kier alpha value is -3.35. The van der Waals surface area contributed by atoms with Gasteiger partial charge in [-0.1, -0.05) is 17.9 Å². The van der Waals surface area contributed by atoms with Gasteiger partial charge >= 0.3 is 0 Å². The molecule has 3 aliphatic rings. The Morgan fingerprint density at radius 3 is 2.41 bits per heavy atom. The van der Waals surface area contributed by atoms with E-state index in [9.17, 15) is 40.5 Å². The summed E-state index contributed by atoms with van der Waals surface area (Å²) in [6, 6.07) is 6.81. The zero-order valence-electron chi connectivity index (χ0n) is 16.3. The lowest BCUT2D eigenvalue weighted by Gasteiger charge is -2.39. The second-order valence-corrected chi connectivity index (χ2v) is 7.29. The molecule has 170 valence electrons. The first-order valence-electron chi connectivity index (χ1n) is 9.48. The highest BCUT2D eigenvalue weighted by Crippen LogP contribution is 2.42. The molecule has 0 saturated carbocycles. The number of hydrogen-bond acceptors (Lipinski definition) is 11. The Bertz CT molecular complexity index is 1150. The van der Waals surface area contributed by atoms with Crippen molar-refractivity contribution in [3.63, 3.8) is 0 Å². The van der Waals surface area contributed by atoms with Crippen molar-refractivity contribution in [2.45, 2.75) is 30.7 Å². The Balaban J connectivity index is 1.84. The van der Waals surface area contributed by atoms with Gasteiger partial charge in [0.15, 0.2) is 16.9 Å². The number of aliphatic hydroxyl groups excluding tert-OH is 4. The van der Waals surface area contributed by atoms with Crippen LogP contribution in [-0.4, -0.2) is 68.0 Å². The molecule has 0 aromatic heterocycles. The van der Waals surface area contributed by atoms with Gasteiger partial charge in [0, 0.05) is 17.7 Å². The number of hydrogen-bond donors (Lipinski definition) is 6. The van der Waals surface area contributed by atoms with Crippen LogP contribution in [-0.2, 0) is 4.74 Å². The third-order valence-corrected chi connectivity index (χ3v) is 5.12. The van der Waals surface area contributed by atoms with Crippen LogP contribution in [0.25, 0.3) is 22.6 Å².